The van der Waals surface area contributed by atoms with Crippen molar-refractivity contribution in [2.45, 2.75) is 45.6 Å². The van der Waals surface area contributed by atoms with Crippen molar-refractivity contribution in [3.8, 4) is 5.88 Å². The first-order valence-electron chi connectivity index (χ1n) is 8.05. The first kappa shape index (κ1) is 17.4. The van der Waals surface area contributed by atoms with Crippen LogP contribution in [0.25, 0.3) is 0 Å². The number of methoxy groups -OCH3 is 1. The van der Waals surface area contributed by atoms with Gasteiger partial charge in [-0.05, 0) is 39.5 Å². The summed E-state index contributed by atoms with van der Waals surface area (Å²) in [6.45, 7) is 7.38. The van der Waals surface area contributed by atoms with Crippen LogP contribution >= 0.6 is 0 Å². The molecular formula is C17H27N3O3. The molecule has 23 heavy (non-hydrogen) atoms. The molecule has 1 aliphatic rings. The van der Waals surface area contributed by atoms with Crippen LogP contribution in [0, 0.1) is 5.92 Å². The molecule has 128 valence electrons. The Balaban J connectivity index is 2.02. The zero-order valence-corrected chi connectivity index (χ0v) is 14.5. The molecule has 1 aromatic heterocycles. The number of carbonyl (C=O) groups excluding carboxylic acids is 1. The van der Waals surface area contributed by atoms with E-state index in [1.54, 1.807) is 13.3 Å². The number of piperidine rings is 1. The summed E-state index contributed by atoms with van der Waals surface area (Å²) in [6.07, 6.45) is 4.11. The topological polar surface area (TPSA) is 77.7 Å². The van der Waals surface area contributed by atoms with E-state index in [0.717, 1.165) is 31.6 Å². The smallest absolute Gasteiger partial charge is 0.306 e. The van der Waals surface area contributed by atoms with E-state index in [1.807, 2.05) is 26.8 Å². The Morgan fingerprint density at radius 1 is 1.48 bits per heavy atom. The summed E-state index contributed by atoms with van der Waals surface area (Å²) in [6, 6.07) is 1.85. The van der Waals surface area contributed by atoms with Gasteiger partial charge in [0.1, 0.15) is 5.60 Å². The average Bonchev–Trinajstić information content (AvgIpc) is 2.46. The summed E-state index contributed by atoms with van der Waals surface area (Å²) in [5.74, 6) is 0.685. The molecule has 0 amide bonds. The third-order valence-electron chi connectivity index (χ3n) is 3.83. The van der Waals surface area contributed by atoms with Gasteiger partial charge in [0.15, 0.2) is 0 Å². The van der Waals surface area contributed by atoms with Crippen molar-refractivity contribution >= 4 is 17.3 Å². The molecule has 0 aliphatic carbocycles. The number of aromatic nitrogens is 1. The summed E-state index contributed by atoms with van der Waals surface area (Å²) in [5.41, 5.74) is 7.17. The van der Waals surface area contributed by atoms with Gasteiger partial charge < -0.3 is 20.1 Å². The molecule has 0 radical (unpaired) electrons. The van der Waals surface area contributed by atoms with Crippen molar-refractivity contribution in [1.29, 1.82) is 0 Å². The highest BCUT2D eigenvalue weighted by atomic mass is 16.6. The Bertz CT molecular complexity index is 555. The maximum Gasteiger partial charge on any atom is 0.306 e. The van der Waals surface area contributed by atoms with Crippen LogP contribution in [0.2, 0.25) is 0 Å². The highest BCUT2D eigenvalue weighted by Gasteiger charge is 2.26. The zero-order valence-electron chi connectivity index (χ0n) is 14.5. The van der Waals surface area contributed by atoms with Gasteiger partial charge in [-0.3, -0.25) is 4.79 Å². The Labute approximate surface area is 138 Å². The normalized spacial score (nSPS) is 18.6. The standard InChI is InChI=1S/C17H27N3O3/c1-17(2,3)23-16(21)8-12-6-5-7-20(11-12)14-9-15(22-4)19-10-13(14)18/h9-10,12H,5-8,11,18H2,1-4H3/t12-/m1/s1. The molecule has 0 bridgehead atoms. The van der Waals surface area contributed by atoms with E-state index in [9.17, 15) is 4.79 Å². The number of hydrogen-bond acceptors (Lipinski definition) is 6. The van der Waals surface area contributed by atoms with Gasteiger partial charge in [0.2, 0.25) is 5.88 Å². The molecule has 1 atom stereocenters. The molecule has 2 N–H and O–H groups in total. The van der Waals surface area contributed by atoms with E-state index in [2.05, 4.69) is 9.88 Å². The Kier molecular flexibility index (Phi) is 5.34. The molecule has 1 aliphatic heterocycles. The molecular weight excluding hydrogens is 294 g/mol. The van der Waals surface area contributed by atoms with Crippen molar-refractivity contribution in [3.63, 3.8) is 0 Å². The molecule has 1 saturated heterocycles. The van der Waals surface area contributed by atoms with Crippen LogP contribution in [-0.2, 0) is 9.53 Å². The van der Waals surface area contributed by atoms with Gasteiger partial charge in [0.25, 0.3) is 0 Å². The van der Waals surface area contributed by atoms with E-state index in [0.29, 0.717) is 18.0 Å². The number of nitrogens with zero attached hydrogens (tertiary/aromatic N) is 2. The van der Waals surface area contributed by atoms with E-state index < -0.39 is 5.60 Å². The van der Waals surface area contributed by atoms with Crippen molar-refractivity contribution in [2.75, 3.05) is 30.8 Å². The Morgan fingerprint density at radius 2 is 2.22 bits per heavy atom. The van der Waals surface area contributed by atoms with E-state index in [1.165, 1.54) is 0 Å². The van der Waals surface area contributed by atoms with Crippen LogP contribution in [0.4, 0.5) is 11.4 Å². The van der Waals surface area contributed by atoms with Crippen LogP contribution in [0.15, 0.2) is 12.3 Å². The second-order valence-corrected chi connectivity index (χ2v) is 7.03. The summed E-state index contributed by atoms with van der Waals surface area (Å²) in [4.78, 5) is 18.4. The number of esters is 1. The fourth-order valence-corrected chi connectivity index (χ4v) is 2.89. The first-order chi connectivity index (χ1) is 10.8. The average molecular weight is 321 g/mol. The highest BCUT2D eigenvalue weighted by Crippen LogP contribution is 2.31. The van der Waals surface area contributed by atoms with Crippen LogP contribution in [0.1, 0.15) is 40.0 Å². The lowest BCUT2D eigenvalue weighted by atomic mass is 9.94. The molecule has 0 unspecified atom stereocenters. The minimum atomic E-state index is -0.436. The molecule has 1 aromatic rings. The number of anilines is 2. The summed E-state index contributed by atoms with van der Waals surface area (Å²) in [5, 5.41) is 0. The molecule has 2 rings (SSSR count). The number of pyridine rings is 1. The maximum absolute atomic E-state index is 12.0. The minimum absolute atomic E-state index is 0.135. The molecule has 0 aromatic carbocycles. The lowest BCUT2D eigenvalue weighted by Gasteiger charge is -2.35. The number of nitrogen functional groups attached to an aromatic ring is 1. The number of ether oxygens (including phenoxy) is 2. The van der Waals surface area contributed by atoms with Crippen molar-refractivity contribution in [3.05, 3.63) is 12.3 Å². The molecule has 0 spiro atoms. The zero-order chi connectivity index (χ0) is 17.0. The van der Waals surface area contributed by atoms with Gasteiger partial charge in [-0.2, -0.15) is 0 Å². The monoisotopic (exact) mass is 321 g/mol. The van der Waals surface area contributed by atoms with Crippen molar-refractivity contribution in [2.24, 2.45) is 5.92 Å². The van der Waals surface area contributed by atoms with Gasteiger partial charge in [-0.25, -0.2) is 4.98 Å². The second-order valence-electron chi connectivity index (χ2n) is 7.03. The molecule has 2 heterocycles. The lowest BCUT2D eigenvalue weighted by molar-refractivity contribution is -0.156. The predicted molar refractivity (Wildman–Crippen MR) is 90.6 cm³/mol. The lowest BCUT2D eigenvalue weighted by Crippen LogP contribution is -2.37. The molecule has 6 nitrogen and oxygen atoms in total. The first-order valence-corrected chi connectivity index (χ1v) is 8.05. The summed E-state index contributed by atoms with van der Waals surface area (Å²) in [7, 11) is 1.59. The number of carbonyl (C=O) groups is 1. The highest BCUT2D eigenvalue weighted by molar-refractivity contribution is 5.71. The van der Waals surface area contributed by atoms with E-state index in [-0.39, 0.29) is 11.9 Å². The van der Waals surface area contributed by atoms with Crippen LogP contribution in [0.3, 0.4) is 0 Å². The Morgan fingerprint density at radius 3 is 2.87 bits per heavy atom. The van der Waals surface area contributed by atoms with E-state index in [4.69, 9.17) is 15.2 Å². The Hall–Kier alpha value is -1.98. The van der Waals surface area contributed by atoms with Crippen molar-refractivity contribution < 1.29 is 14.3 Å². The fraction of sp³-hybridized carbons (Fsp3) is 0.647. The van der Waals surface area contributed by atoms with Gasteiger partial charge >= 0.3 is 5.97 Å². The second kappa shape index (κ2) is 7.06. The third kappa shape index (κ3) is 5.01. The predicted octanol–water partition coefficient (Wildman–Crippen LogP) is 2.62. The van der Waals surface area contributed by atoms with Crippen LogP contribution < -0.4 is 15.4 Å². The quantitative estimate of drug-likeness (QED) is 0.859. The third-order valence-corrected chi connectivity index (χ3v) is 3.83. The van der Waals surface area contributed by atoms with Gasteiger partial charge in [0, 0.05) is 19.2 Å². The number of hydrogen-bond donors (Lipinski definition) is 1. The van der Waals surface area contributed by atoms with E-state index >= 15 is 0 Å². The fourth-order valence-electron chi connectivity index (χ4n) is 2.89. The molecule has 1 fully saturated rings. The van der Waals surface area contributed by atoms with Gasteiger partial charge in [-0.15, -0.1) is 0 Å². The largest absolute Gasteiger partial charge is 0.481 e. The van der Waals surface area contributed by atoms with Crippen LogP contribution in [-0.4, -0.2) is 36.8 Å². The number of rotatable bonds is 4. The van der Waals surface area contributed by atoms with Crippen molar-refractivity contribution in [1.82, 2.24) is 4.98 Å². The summed E-state index contributed by atoms with van der Waals surface area (Å²) < 4.78 is 10.6. The van der Waals surface area contributed by atoms with Crippen LogP contribution in [0.5, 0.6) is 5.88 Å². The molecule has 6 heteroatoms. The number of nitrogens with two attached hydrogens (primary N) is 1. The summed E-state index contributed by atoms with van der Waals surface area (Å²) >= 11 is 0. The van der Waals surface area contributed by atoms with Gasteiger partial charge in [-0.1, -0.05) is 0 Å². The van der Waals surface area contributed by atoms with Gasteiger partial charge in [0.05, 0.1) is 31.1 Å². The minimum Gasteiger partial charge on any atom is -0.481 e. The SMILES string of the molecule is COc1cc(N2CCC[C@H](CC(=O)OC(C)(C)C)C2)c(N)cn1. The molecule has 0 saturated carbocycles. The maximum atomic E-state index is 12.0.